The van der Waals surface area contributed by atoms with Crippen LogP contribution in [0.2, 0.25) is 18.6 Å². The van der Waals surface area contributed by atoms with Crippen LogP contribution in [0.15, 0.2) is 72.8 Å². The summed E-state index contributed by atoms with van der Waals surface area (Å²) >= 11 is 0. The molecule has 3 aliphatic rings. The Bertz CT molecular complexity index is 1530. The van der Waals surface area contributed by atoms with Crippen molar-refractivity contribution in [3.8, 4) is 5.75 Å². The standard InChI is InChI=1S/C37H46N2O6Si/c1-25-33(18-11-26-9-12-29(13-10-26)38-19-20-44-37(38)42)45-34(36(25)46(3,4)32-16-14-31(43-2)15-17-32)22-35(41)39-23-28-8-6-5-7-27(28)21-30(39)24-40/h5-10,12-17,25,30,33-34,36,40H,11,18-24H2,1-4H3/t25-,30-,33+,34-,36+/m0/s1. The van der Waals surface area contributed by atoms with E-state index in [0.717, 1.165) is 29.8 Å². The molecule has 2 saturated heterocycles. The average Bonchev–Trinajstić information content (AvgIpc) is 3.65. The molecule has 244 valence electrons. The number of carbonyl (C=O) groups excluding carboxylic acids is 2. The van der Waals surface area contributed by atoms with Gasteiger partial charge in [-0.25, -0.2) is 4.79 Å². The fourth-order valence-corrected chi connectivity index (χ4v) is 12.0. The zero-order chi connectivity index (χ0) is 32.4. The molecule has 2 fully saturated rings. The summed E-state index contributed by atoms with van der Waals surface area (Å²) in [4.78, 5) is 29.6. The maximum absolute atomic E-state index is 14.1. The topological polar surface area (TPSA) is 88.5 Å². The van der Waals surface area contributed by atoms with Crippen molar-refractivity contribution in [3.05, 3.63) is 89.5 Å². The highest BCUT2D eigenvalue weighted by atomic mass is 28.3. The summed E-state index contributed by atoms with van der Waals surface area (Å²) in [5.74, 6) is 1.14. The lowest BCUT2D eigenvalue weighted by atomic mass is 9.93. The Morgan fingerprint density at radius 1 is 1.00 bits per heavy atom. The van der Waals surface area contributed by atoms with E-state index in [2.05, 4.69) is 56.4 Å². The Labute approximate surface area is 273 Å². The first-order valence-corrected chi connectivity index (χ1v) is 19.6. The van der Waals surface area contributed by atoms with Crippen LogP contribution in [0.3, 0.4) is 0 Å². The third-order valence-corrected chi connectivity index (χ3v) is 14.9. The number of hydrogen-bond donors (Lipinski definition) is 1. The van der Waals surface area contributed by atoms with E-state index in [4.69, 9.17) is 14.2 Å². The molecule has 3 aromatic carbocycles. The van der Waals surface area contributed by atoms with Gasteiger partial charge < -0.3 is 24.2 Å². The Hall–Kier alpha value is -3.66. The maximum atomic E-state index is 14.1. The molecule has 2 amide bonds. The molecule has 5 atom stereocenters. The van der Waals surface area contributed by atoms with Gasteiger partial charge in [0.05, 0.1) is 53.0 Å². The van der Waals surface area contributed by atoms with Crippen molar-refractivity contribution in [3.63, 3.8) is 0 Å². The number of fused-ring (bicyclic) bond motifs is 1. The van der Waals surface area contributed by atoms with E-state index in [0.29, 0.717) is 32.5 Å². The highest BCUT2D eigenvalue weighted by molar-refractivity contribution is 6.91. The van der Waals surface area contributed by atoms with Gasteiger partial charge in [0.25, 0.3) is 0 Å². The summed E-state index contributed by atoms with van der Waals surface area (Å²) in [6.07, 6.45) is 2.15. The molecule has 3 aromatic rings. The minimum atomic E-state index is -2.14. The molecule has 6 rings (SSSR count). The third-order valence-electron chi connectivity index (χ3n) is 10.6. The molecule has 3 heterocycles. The second-order valence-corrected chi connectivity index (χ2v) is 18.2. The summed E-state index contributed by atoms with van der Waals surface area (Å²) in [7, 11) is -0.453. The van der Waals surface area contributed by atoms with E-state index in [1.165, 1.54) is 16.3 Å². The number of benzene rings is 3. The summed E-state index contributed by atoms with van der Waals surface area (Å²) in [6.45, 7) is 8.55. The molecule has 46 heavy (non-hydrogen) atoms. The molecule has 0 unspecified atom stereocenters. The lowest BCUT2D eigenvalue weighted by molar-refractivity contribution is -0.138. The fourth-order valence-electron chi connectivity index (χ4n) is 7.96. The number of carbonyl (C=O) groups is 2. The minimum Gasteiger partial charge on any atom is -0.497 e. The lowest BCUT2D eigenvalue weighted by Gasteiger charge is -2.39. The molecule has 3 aliphatic heterocycles. The molecule has 0 aliphatic carbocycles. The van der Waals surface area contributed by atoms with E-state index in [1.807, 2.05) is 41.3 Å². The number of aliphatic hydroxyl groups excluding tert-OH is 1. The van der Waals surface area contributed by atoms with Crippen molar-refractivity contribution >= 4 is 30.9 Å². The van der Waals surface area contributed by atoms with Crippen LogP contribution in [0, 0.1) is 5.92 Å². The largest absolute Gasteiger partial charge is 0.497 e. The Morgan fingerprint density at radius 2 is 1.72 bits per heavy atom. The van der Waals surface area contributed by atoms with E-state index in [-0.39, 0.29) is 48.3 Å². The van der Waals surface area contributed by atoms with Crippen molar-refractivity contribution in [2.75, 3.05) is 31.8 Å². The highest BCUT2D eigenvalue weighted by Crippen LogP contribution is 2.47. The lowest BCUT2D eigenvalue weighted by Crippen LogP contribution is -2.52. The molecule has 0 saturated carbocycles. The van der Waals surface area contributed by atoms with Crippen LogP contribution in [-0.2, 0) is 33.7 Å². The van der Waals surface area contributed by atoms with Crippen LogP contribution in [0.5, 0.6) is 5.75 Å². The monoisotopic (exact) mass is 642 g/mol. The number of cyclic esters (lactones) is 1. The number of aliphatic hydroxyl groups is 1. The van der Waals surface area contributed by atoms with Gasteiger partial charge >= 0.3 is 6.09 Å². The van der Waals surface area contributed by atoms with E-state index in [1.54, 1.807) is 12.0 Å². The van der Waals surface area contributed by atoms with E-state index >= 15 is 0 Å². The zero-order valence-corrected chi connectivity index (χ0v) is 28.4. The minimum absolute atomic E-state index is 0.0109. The Morgan fingerprint density at radius 3 is 2.37 bits per heavy atom. The molecule has 0 spiro atoms. The number of hydrogen-bond acceptors (Lipinski definition) is 6. The maximum Gasteiger partial charge on any atom is 0.414 e. The van der Waals surface area contributed by atoms with Gasteiger partial charge in [-0.3, -0.25) is 9.69 Å². The van der Waals surface area contributed by atoms with Crippen LogP contribution in [0.4, 0.5) is 10.5 Å². The van der Waals surface area contributed by atoms with Gasteiger partial charge in [-0.1, -0.05) is 73.7 Å². The van der Waals surface area contributed by atoms with Crippen LogP contribution in [0.1, 0.15) is 36.5 Å². The molecular weight excluding hydrogens is 597 g/mol. The molecule has 0 aromatic heterocycles. The van der Waals surface area contributed by atoms with Crippen molar-refractivity contribution in [2.24, 2.45) is 5.92 Å². The van der Waals surface area contributed by atoms with Crippen molar-refractivity contribution < 1.29 is 28.9 Å². The van der Waals surface area contributed by atoms with Gasteiger partial charge in [0.1, 0.15) is 12.4 Å². The SMILES string of the molecule is COc1ccc([Si](C)(C)[C@@H]2[C@@H](C)[C@@H](CCc3ccc(N4CCOC4=O)cc3)O[C@H]2CC(=O)N2Cc3ccccc3C[C@H]2CO)cc1. The summed E-state index contributed by atoms with van der Waals surface area (Å²) in [5.41, 5.74) is 4.62. The first-order chi connectivity index (χ1) is 22.2. The summed E-state index contributed by atoms with van der Waals surface area (Å²) in [5, 5.41) is 11.6. The number of methoxy groups -OCH3 is 1. The van der Waals surface area contributed by atoms with Gasteiger partial charge in [0, 0.05) is 12.2 Å². The number of aryl methyl sites for hydroxylation is 1. The van der Waals surface area contributed by atoms with Crippen molar-refractivity contribution in [1.29, 1.82) is 0 Å². The number of nitrogens with zero attached hydrogens (tertiary/aromatic N) is 2. The van der Waals surface area contributed by atoms with Gasteiger partial charge in [-0.05, 0) is 71.7 Å². The molecular formula is C37H46N2O6Si. The van der Waals surface area contributed by atoms with Crippen LogP contribution >= 0.6 is 0 Å². The number of rotatable bonds is 10. The van der Waals surface area contributed by atoms with Crippen LogP contribution < -0.4 is 14.8 Å². The van der Waals surface area contributed by atoms with Gasteiger partial charge in [-0.2, -0.15) is 0 Å². The molecule has 9 heteroatoms. The van der Waals surface area contributed by atoms with E-state index < -0.39 is 8.07 Å². The van der Waals surface area contributed by atoms with Gasteiger partial charge in [-0.15, -0.1) is 0 Å². The summed E-state index contributed by atoms with van der Waals surface area (Å²) in [6, 6.07) is 24.6. The predicted octanol–water partition coefficient (Wildman–Crippen LogP) is 5.31. The van der Waals surface area contributed by atoms with Gasteiger partial charge in [0.15, 0.2) is 0 Å². The Balaban J connectivity index is 1.21. The highest BCUT2D eigenvalue weighted by Gasteiger charge is 2.51. The molecule has 0 radical (unpaired) electrons. The second kappa shape index (κ2) is 13.6. The zero-order valence-electron chi connectivity index (χ0n) is 27.4. The van der Waals surface area contributed by atoms with Crippen molar-refractivity contribution in [1.82, 2.24) is 4.90 Å². The van der Waals surface area contributed by atoms with Crippen molar-refractivity contribution in [2.45, 2.75) is 76.0 Å². The van der Waals surface area contributed by atoms with Crippen LogP contribution in [0.25, 0.3) is 0 Å². The third kappa shape index (κ3) is 6.45. The van der Waals surface area contributed by atoms with Gasteiger partial charge in [0.2, 0.25) is 5.91 Å². The average molecular weight is 643 g/mol. The number of anilines is 1. The first kappa shape index (κ1) is 32.3. The smallest absolute Gasteiger partial charge is 0.414 e. The Kier molecular flexibility index (Phi) is 9.54. The second-order valence-electron chi connectivity index (χ2n) is 13.6. The van der Waals surface area contributed by atoms with E-state index in [9.17, 15) is 14.7 Å². The molecule has 0 bridgehead atoms. The predicted molar refractivity (Wildman–Crippen MR) is 181 cm³/mol. The number of amides is 2. The number of ether oxygens (including phenoxy) is 3. The molecule has 1 N–H and O–H groups in total. The molecule has 8 nitrogen and oxygen atoms in total. The normalized spacial score (nSPS) is 24.5. The fraction of sp³-hybridized carbons (Fsp3) is 0.459. The van der Waals surface area contributed by atoms with Crippen LogP contribution in [-0.4, -0.2) is 75.2 Å². The quantitative estimate of drug-likeness (QED) is 0.302. The summed E-state index contributed by atoms with van der Waals surface area (Å²) < 4.78 is 17.4. The first-order valence-electron chi connectivity index (χ1n) is 16.5.